The van der Waals surface area contributed by atoms with Crippen LogP contribution in [0.15, 0.2) is 47.6 Å². The monoisotopic (exact) mass is 324 g/mol. The van der Waals surface area contributed by atoms with Gasteiger partial charge in [-0.05, 0) is 18.2 Å². The minimum atomic E-state index is -2.90. The molecule has 1 aromatic carbocycles. The van der Waals surface area contributed by atoms with E-state index in [9.17, 15) is 13.2 Å². The van der Waals surface area contributed by atoms with E-state index in [1.54, 1.807) is 24.1 Å². The molecular weight excluding hydrogens is 309 g/mol. The molecule has 2 aromatic rings. The van der Waals surface area contributed by atoms with Crippen molar-refractivity contribution in [1.29, 1.82) is 5.53 Å². The molecule has 6 nitrogen and oxygen atoms in total. The Hall–Kier alpha value is -2.84. The van der Waals surface area contributed by atoms with Crippen molar-refractivity contribution in [1.82, 2.24) is 9.78 Å². The van der Waals surface area contributed by atoms with Crippen molar-refractivity contribution >= 4 is 11.4 Å². The van der Waals surface area contributed by atoms with Gasteiger partial charge in [0.2, 0.25) is 0 Å². The summed E-state index contributed by atoms with van der Waals surface area (Å²) in [4.78, 5) is 0. The Morgan fingerprint density at radius 2 is 2.22 bits per heavy atom. The van der Waals surface area contributed by atoms with E-state index in [0.717, 1.165) is 17.8 Å². The number of nitrogens with zero attached hydrogens (tertiary/aromatic N) is 3. The van der Waals surface area contributed by atoms with Gasteiger partial charge in [-0.25, -0.2) is 18.7 Å². The number of rotatable bonds is 7. The number of anilines is 2. The van der Waals surface area contributed by atoms with Crippen LogP contribution in [0.2, 0.25) is 0 Å². The number of hydrogen-bond donors (Lipinski definition) is 3. The van der Waals surface area contributed by atoms with Crippen LogP contribution in [-0.4, -0.2) is 16.3 Å². The SMILES string of the molecule is Cn1cc(NC/C(=C/Nc2ccc(F)c(C(F)F)c2)N=N)cn1. The fourth-order valence-electron chi connectivity index (χ4n) is 1.80. The van der Waals surface area contributed by atoms with Gasteiger partial charge >= 0.3 is 0 Å². The van der Waals surface area contributed by atoms with Crippen molar-refractivity contribution in [2.45, 2.75) is 6.43 Å². The van der Waals surface area contributed by atoms with Crippen LogP contribution in [0.3, 0.4) is 0 Å². The van der Waals surface area contributed by atoms with Gasteiger partial charge in [-0.2, -0.15) is 10.2 Å². The molecule has 0 unspecified atom stereocenters. The molecule has 23 heavy (non-hydrogen) atoms. The smallest absolute Gasteiger partial charge is 0.266 e. The first-order valence-corrected chi connectivity index (χ1v) is 6.62. The lowest BCUT2D eigenvalue weighted by Crippen LogP contribution is -2.04. The van der Waals surface area contributed by atoms with Crippen LogP contribution in [0.25, 0.3) is 0 Å². The van der Waals surface area contributed by atoms with Crippen molar-refractivity contribution in [3.63, 3.8) is 0 Å². The molecule has 0 saturated heterocycles. The van der Waals surface area contributed by atoms with Crippen molar-refractivity contribution in [2.24, 2.45) is 12.2 Å². The number of halogens is 3. The maximum atomic E-state index is 13.2. The quantitative estimate of drug-likeness (QED) is 0.676. The molecule has 1 heterocycles. The summed E-state index contributed by atoms with van der Waals surface area (Å²) in [6.45, 7) is 0.241. The largest absolute Gasteiger partial charge is 0.377 e. The number of alkyl halides is 2. The first kappa shape index (κ1) is 16.5. The van der Waals surface area contributed by atoms with Crippen LogP contribution < -0.4 is 10.6 Å². The zero-order chi connectivity index (χ0) is 16.8. The Bertz CT molecular complexity index is 710. The summed E-state index contributed by atoms with van der Waals surface area (Å²) in [7, 11) is 1.77. The molecule has 0 radical (unpaired) electrons. The second kappa shape index (κ2) is 7.43. The molecule has 0 fully saturated rings. The Kier molecular flexibility index (Phi) is 5.34. The highest BCUT2D eigenvalue weighted by atomic mass is 19.3. The lowest BCUT2D eigenvalue weighted by atomic mass is 10.2. The molecule has 0 spiro atoms. The van der Waals surface area contributed by atoms with Gasteiger partial charge in [0.15, 0.2) is 0 Å². The minimum absolute atomic E-state index is 0.241. The molecule has 0 saturated carbocycles. The van der Waals surface area contributed by atoms with Gasteiger partial charge in [-0.1, -0.05) is 0 Å². The molecule has 0 amide bonds. The Balaban J connectivity index is 2.01. The number of aryl methyl sites for hydroxylation is 1. The molecule has 0 aliphatic heterocycles. The standard InChI is InChI=1S/C14H15F3N6/c1-23-8-11(7-21-23)20-6-10(22-18)5-19-9-2-3-13(15)12(4-9)14(16)17/h2-5,7-8,14,18-20H,6H2,1H3/b10-5-,22-18?. The van der Waals surface area contributed by atoms with E-state index in [4.69, 9.17) is 5.53 Å². The zero-order valence-electron chi connectivity index (χ0n) is 12.2. The molecular formula is C14H15F3N6. The maximum absolute atomic E-state index is 13.2. The molecule has 9 heteroatoms. The van der Waals surface area contributed by atoms with E-state index in [-0.39, 0.29) is 12.2 Å². The summed E-state index contributed by atoms with van der Waals surface area (Å²) in [5.41, 5.74) is 7.80. The molecule has 3 N–H and O–H groups in total. The van der Waals surface area contributed by atoms with Crippen molar-refractivity contribution in [3.8, 4) is 0 Å². The van der Waals surface area contributed by atoms with Gasteiger partial charge in [0.25, 0.3) is 6.43 Å². The molecule has 0 aliphatic rings. The molecule has 0 aliphatic carbocycles. The molecule has 0 atom stereocenters. The number of benzene rings is 1. The van der Waals surface area contributed by atoms with E-state index in [1.807, 2.05) is 0 Å². The van der Waals surface area contributed by atoms with Crippen molar-refractivity contribution in [2.75, 3.05) is 17.2 Å². The van der Waals surface area contributed by atoms with E-state index >= 15 is 0 Å². The van der Waals surface area contributed by atoms with Gasteiger partial charge in [0.05, 0.1) is 29.7 Å². The maximum Gasteiger partial charge on any atom is 0.266 e. The summed E-state index contributed by atoms with van der Waals surface area (Å²) >= 11 is 0. The van der Waals surface area contributed by atoms with Crippen molar-refractivity contribution in [3.05, 3.63) is 53.9 Å². The third-order valence-electron chi connectivity index (χ3n) is 2.96. The van der Waals surface area contributed by atoms with E-state index in [2.05, 4.69) is 20.8 Å². The molecule has 122 valence electrons. The van der Waals surface area contributed by atoms with Crippen LogP contribution in [0.5, 0.6) is 0 Å². The second-order valence-corrected chi connectivity index (χ2v) is 4.69. The summed E-state index contributed by atoms with van der Waals surface area (Å²) in [5, 5.41) is 13.0. The lowest BCUT2D eigenvalue weighted by Gasteiger charge is -2.07. The highest BCUT2D eigenvalue weighted by Gasteiger charge is 2.13. The summed E-state index contributed by atoms with van der Waals surface area (Å²) in [6.07, 6.45) is 1.86. The fraction of sp³-hybridized carbons (Fsp3) is 0.214. The van der Waals surface area contributed by atoms with Gasteiger partial charge in [0, 0.05) is 25.1 Å². The zero-order valence-corrected chi connectivity index (χ0v) is 12.2. The topological polar surface area (TPSA) is 78.1 Å². The van der Waals surface area contributed by atoms with E-state index in [0.29, 0.717) is 5.70 Å². The molecule has 0 bridgehead atoms. The first-order chi connectivity index (χ1) is 11.0. The first-order valence-electron chi connectivity index (χ1n) is 6.62. The van der Waals surface area contributed by atoms with Crippen LogP contribution in [0.4, 0.5) is 24.5 Å². The summed E-state index contributed by atoms with van der Waals surface area (Å²) < 4.78 is 40.1. The number of nitrogens with one attached hydrogen (secondary N) is 3. The van der Waals surface area contributed by atoms with E-state index < -0.39 is 17.8 Å². The molecule has 2 rings (SSSR count). The average Bonchev–Trinajstić information content (AvgIpc) is 2.94. The summed E-state index contributed by atoms with van der Waals surface area (Å²) in [6, 6.07) is 3.31. The second-order valence-electron chi connectivity index (χ2n) is 4.69. The average molecular weight is 324 g/mol. The predicted molar refractivity (Wildman–Crippen MR) is 79.9 cm³/mol. The summed E-state index contributed by atoms with van der Waals surface area (Å²) in [5.74, 6) is -0.960. The molecule has 1 aromatic heterocycles. The van der Waals surface area contributed by atoms with Gasteiger partial charge in [0.1, 0.15) is 5.82 Å². The third-order valence-corrected chi connectivity index (χ3v) is 2.96. The number of hydrogen-bond acceptors (Lipinski definition) is 5. The predicted octanol–water partition coefficient (Wildman–Crippen LogP) is 3.89. The van der Waals surface area contributed by atoms with E-state index in [1.165, 1.54) is 12.3 Å². The lowest BCUT2D eigenvalue weighted by molar-refractivity contribution is 0.146. The van der Waals surface area contributed by atoms with Gasteiger partial charge < -0.3 is 10.6 Å². The minimum Gasteiger partial charge on any atom is -0.377 e. The highest BCUT2D eigenvalue weighted by molar-refractivity contribution is 5.49. The van der Waals surface area contributed by atoms with Crippen LogP contribution in [0.1, 0.15) is 12.0 Å². The Morgan fingerprint density at radius 3 is 2.83 bits per heavy atom. The van der Waals surface area contributed by atoms with Crippen molar-refractivity contribution < 1.29 is 13.2 Å². The van der Waals surface area contributed by atoms with Crippen LogP contribution in [0, 0.1) is 11.3 Å². The Labute approximate surface area is 130 Å². The fourth-order valence-corrected chi connectivity index (χ4v) is 1.80. The Morgan fingerprint density at radius 1 is 1.43 bits per heavy atom. The normalized spacial score (nSPS) is 11.6. The van der Waals surface area contributed by atoms with Crippen LogP contribution in [-0.2, 0) is 7.05 Å². The van der Waals surface area contributed by atoms with Gasteiger partial charge in [-0.15, -0.1) is 0 Å². The third kappa shape index (κ3) is 4.56. The van der Waals surface area contributed by atoms with Crippen LogP contribution >= 0.6 is 0 Å². The van der Waals surface area contributed by atoms with Gasteiger partial charge in [-0.3, -0.25) is 4.68 Å². The highest BCUT2D eigenvalue weighted by Crippen LogP contribution is 2.25. The number of aromatic nitrogens is 2.